The number of hydrogen-bond acceptors (Lipinski definition) is 4. The van der Waals surface area contributed by atoms with Crippen LogP contribution >= 0.6 is 0 Å². The molecule has 1 N–H and O–H groups in total. The zero-order chi connectivity index (χ0) is 15.1. The molecule has 114 valence electrons. The molecular formula is C16H17N3O3. The van der Waals surface area contributed by atoms with Gasteiger partial charge in [-0.25, -0.2) is 4.98 Å². The first kappa shape index (κ1) is 13.2. The Kier molecular flexibility index (Phi) is 3.03. The van der Waals surface area contributed by atoms with Crippen LogP contribution in [0, 0.1) is 6.92 Å². The van der Waals surface area contributed by atoms with E-state index in [0.717, 1.165) is 30.9 Å². The zero-order valence-electron chi connectivity index (χ0n) is 12.3. The highest BCUT2D eigenvalue weighted by Crippen LogP contribution is 2.32. The van der Waals surface area contributed by atoms with Crippen LogP contribution in [0.4, 0.5) is 0 Å². The van der Waals surface area contributed by atoms with Crippen LogP contribution in [-0.4, -0.2) is 28.3 Å². The Bertz CT molecular complexity index is 738. The van der Waals surface area contributed by atoms with E-state index in [9.17, 15) is 4.79 Å². The molecule has 1 aromatic heterocycles. The van der Waals surface area contributed by atoms with Gasteiger partial charge in [0, 0.05) is 30.8 Å². The summed E-state index contributed by atoms with van der Waals surface area (Å²) in [5.41, 5.74) is 1.62. The van der Waals surface area contributed by atoms with Crippen LogP contribution in [0.2, 0.25) is 0 Å². The van der Waals surface area contributed by atoms with E-state index in [1.807, 2.05) is 13.1 Å². The quantitative estimate of drug-likeness (QED) is 0.916. The van der Waals surface area contributed by atoms with Crippen molar-refractivity contribution in [2.24, 2.45) is 0 Å². The van der Waals surface area contributed by atoms with Gasteiger partial charge < -0.3 is 19.4 Å². The number of rotatable bonds is 2. The van der Waals surface area contributed by atoms with Gasteiger partial charge in [-0.05, 0) is 31.5 Å². The van der Waals surface area contributed by atoms with E-state index in [-0.39, 0.29) is 18.7 Å². The van der Waals surface area contributed by atoms with Crippen LogP contribution in [0.1, 0.15) is 28.3 Å². The summed E-state index contributed by atoms with van der Waals surface area (Å²) in [5.74, 6) is 2.34. The minimum atomic E-state index is -0.0800. The average Bonchev–Trinajstić information content (AvgIpc) is 3.10. The van der Waals surface area contributed by atoms with E-state index >= 15 is 0 Å². The fraction of sp³-hybridized carbons (Fsp3) is 0.375. The summed E-state index contributed by atoms with van der Waals surface area (Å²) < 4.78 is 12.7. The Hall–Kier alpha value is -2.50. The van der Waals surface area contributed by atoms with Gasteiger partial charge in [0.2, 0.25) is 6.79 Å². The van der Waals surface area contributed by atoms with Gasteiger partial charge in [-0.2, -0.15) is 0 Å². The van der Waals surface area contributed by atoms with Crippen molar-refractivity contribution in [3.63, 3.8) is 0 Å². The molecule has 6 nitrogen and oxygen atoms in total. The maximum Gasteiger partial charge on any atom is 0.251 e. The second-order valence-corrected chi connectivity index (χ2v) is 5.73. The van der Waals surface area contributed by atoms with Crippen molar-refractivity contribution in [3.05, 3.63) is 41.5 Å². The maximum atomic E-state index is 12.4. The first-order valence-corrected chi connectivity index (χ1v) is 7.42. The number of carbonyl (C=O) groups excluding carboxylic acids is 1. The molecule has 1 amide bonds. The molecule has 4 rings (SSSR count). The molecular weight excluding hydrogens is 282 g/mol. The molecule has 0 fully saturated rings. The molecule has 2 aromatic rings. The lowest BCUT2D eigenvalue weighted by Gasteiger charge is -2.24. The Morgan fingerprint density at radius 2 is 2.23 bits per heavy atom. The summed E-state index contributed by atoms with van der Waals surface area (Å²) in [6.45, 7) is 2.98. The molecule has 0 unspecified atom stereocenters. The van der Waals surface area contributed by atoms with E-state index in [2.05, 4.69) is 14.9 Å². The Labute approximate surface area is 128 Å². The highest BCUT2D eigenvalue weighted by molar-refractivity contribution is 5.95. The number of fused-ring (bicyclic) bond motifs is 2. The summed E-state index contributed by atoms with van der Waals surface area (Å²) in [4.78, 5) is 16.9. The minimum absolute atomic E-state index is 0.0800. The van der Waals surface area contributed by atoms with Crippen molar-refractivity contribution < 1.29 is 14.3 Å². The molecule has 0 radical (unpaired) electrons. The van der Waals surface area contributed by atoms with Gasteiger partial charge in [0.05, 0.1) is 5.69 Å². The smallest absolute Gasteiger partial charge is 0.251 e. The molecule has 2 aliphatic heterocycles. The van der Waals surface area contributed by atoms with Gasteiger partial charge in [0.25, 0.3) is 5.91 Å². The van der Waals surface area contributed by atoms with Gasteiger partial charge in [-0.3, -0.25) is 4.79 Å². The number of aromatic nitrogens is 2. The normalized spacial score (nSPS) is 18.9. The van der Waals surface area contributed by atoms with Gasteiger partial charge in [0.1, 0.15) is 5.82 Å². The molecule has 0 spiro atoms. The van der Waals surface area contributed by atoms with E-state index < -0.39 is 0 Å². The van der Waals surface area contributed by atoms with Gasteiger partial charge in [-0.1, -0.05) is 0 Å². The third-order valence-electron chi connectivity index (χ3n) is 4.08. The van der Waals surface area contributed by atoms with Crippen LogP contribution in [0.3, 0.4) is 0 Å². The van der Waals surface area contributed by atoms with Gasteiger partial charge >= 0.3 is 0 Å². The molecule has 3 heterocycles. The average molecular weight is 299 g/mol. The number of benzene rings is 1. The van der Waals surface area contributed by atoms with Crippen molar-refractivity contribution in [3.8, 4) is 11.5 Å². The van der Waals surface area contributed by atoms with Crippen LogP contribution in [-0.2, 0) is 13.0 Å². The van der Waals surface area contributed by atoms with Crippen molar-refractivity contribution >= 4 is 5.91 Å². The highest BCUT2D eigenvalue weighted by Gasteiger charge is 2.22. The zero-order valence-corrected chi connectivity index (χ0v) is 12.3. The Balaban J connectivity index is 1.46. The van der Waals surface area contributed by atoms with Crippen molar-refractivity contribution in [2.45, 2.75) is 32.4 Å². The molecule has 22 heavy (non-hydrogen) atoms. The summed E-state index contributed by atoms with van der Waals surface area (Å²) in [6.07, 6.45) is 3.83. The highest BCUT2D eigenvalue weighted by atomic mass is 16.7. The molecule has 0 bridgehead atoms. The molecule has 6 heteroatoms. The largest absolute Gasteiger partial charge is 0.454 e. The standard InChI is InChI=1S/C16H17N3O3/c1-10-7-19-8-12(3-5-15(19)17-10)18-16(20)11-2-4-13-14(6-11)22-9-21-13/h2,4,6-7,12H,3,5,8-9H2,1H3,(H,18,20)/t12-/m0/s1. The number of amides is 1. The third-order valence-corrected chi connectivity index (χ3v) is 4.08. The number of aryl methyl sites for hydroxylation is 2. The molecule has 0 saturated heterocycles. The number of carbonyl (C=O) groups is 1. The van der Waals surface area contributed by atoms with E-state index in [1.165, 1.54) is 0 Å². The first-order valence-electron chi connectivity index (χ1n) is 7.42. The summed E-state index contributed by atoms with van der Waals surface area (Å²) >= 11 is 0. The fourth-order valence-corrected chi connectivity index (χ4v) is 3.01. The topological polar surface area (TPSA) is 65.4 Å². The molecule has 0 aliphatic carbocycles. The molecule has 1 atom stereocenters. The van der Waals surface area contributed by atoms with E-state index in [4.69, 9.17) is 9.47 Å². The fourth-order valence-electron chi connectivity index (χ4n) is 3.01. The number of imidazole rings is 1. The lowest BCUT2D eigenvalue weighted by Crippen LogP contribution is -2.40. The third kappa shape index (κ3) is 2.30. The van der Waals surface area contributed by atoms with E-state index in [1.54, 1.807) is 18.2 Å². The lowest BCUT2D eigenvalue weighted by molar-refractivity contribution is 0.0927. The summed E-state index contributed by atoms with van der Waals surface area (Å²) in [6, 6.07) is 5.39. The Morgan fingerprint density at radius 1 is 1.36 bits per heavy atom. The monoisotopic (exact) mass is 299 g/mol. The van der Waals surface area contributed by atoms with Crippen LogP contribution in [0.5, 0.6) is 11.5 Å². The molecule has 2 aliphatic rings. The van der Waals surface area contributed by atoms with Crippen LogP contribution in [0.15, 0.2) is 24.4 Å². The second-order valence-electron chi connectivity index (χ2n) is 5.73. The Morgan fingerprint density at radius 3 is 3.14 bits per heavy atom. The predicted octanol–water partition coefficient (Wildman–Crippen LogP) is 1.67. The number of nitrogens with zero attached hydrogens (tertiary/aromatic N) is 2. The van der Waals surface area contributed by atoms with Crippen molar-refractivity contribution in [2.75, 3.05) is 6.79 Å². The number of ether oxygens (including phenoxy) is 2. The SMILES string of the molecule is Cc1cn2c(n1)CC[C@H](NC(=O)c1ccc3c(c1)OCO3)C2. The number of nitrogens with one attached hydrogen (secondary N) is 1. The number of hydrogen-bond donors (Lipinski definition) is 1. The van der Waals surface area contributed by atoms with Crippen LogP contribution in [0.25, 0.3) is 0 Å². The van der Waals surface area contributed by atoms with Gasteiger partial charge in [-0.15, -0.1) is 0 Å². The lowest BCUT2D eigenvalue weighted by atomic mass is 10.1. The maximum absolute atomic E-state index is 12.4. The summed E-state index contributed by atoms with van der Waals surface area (Å²) in [7, 11) is 0. The van der Waals surface area contributed by atoms with Gasteiger partial charge in [0.15, 0.2) is 11.5 Å². The molecule has 0 saturated carbocycles. The molecule has 1 aromatic carbocycles. The first-order chi connectivity index (χ1) is 10.7. The predicted molar refractivity (Wildman–Crippen MR) is 79.1 cm³/mol. The van der Waals surface area contributed by atoms with Crippen molar-refractivity contribution in [1.82, 2.24) is 14.9 Å². The van der Waals surface area contributed by atoms with E-state index in [0.29, 0.717) is 17.1 Å². The minimum Gasteiger partial charge on any atom is -0.454 e. The summed E-state index contributed by atoms with van der Waals surface area (Å²) in [5, 5.41) is 3.09. The second kappa shape index (κ2) is 5.05. The van der Waals surface area contributed by atoms with Crippen molar-refractivity contribution in [1.29, 1.82) is 0 Å². The van der Waals surface area contributed by atoms with Crippen LogP contribution < -0.4 is 14.8 Å².